The van der Waals surface area contributed by atoms with E-state index in [-0.39, 0.29) is 5.56 Å². The molecule has 17 heavy (non-hydrogen) atoms. The molecule has 0 unspecified atom stereocenters. The smallest absolute Gasteiger partial charge is 0.274 e. The minimum atomic E-state index is -1.12. The quantitative estimate of drug-likeness (QED) is 0.581. The van der Waals surface area contributed by atoms with Gasteiger partial charge in [0.25, 0.3) is 5.91 Å². The highest BCUT2D eigenvalue weighted by molar-refractivity contribution is 5.95. The Kier molecular flexibility index (Phi) is 3.70. The molecule has 0 aromatic heterocycles. The molecule has 0 aliphatic heterocycles. The van der Waals surface area contributed by atoms with E-state index in [2.05, 4.69) is 0 Å². The summed E-state index contributed by atoms with van der Waals surface area (Å²) in [5.41, 5.74) is 3.15. The first-order valence-corrected chi connectivity index (χ1v) is 4.42. The largest absolute Gasteiger partial charge is 0.304 e. The summed E-state index contributed by atoms with van der Waals surface area (Å²) in [6, 6.07) is 2.67. The van der Waals surface area contributed by atoms with Crippen molar-refractivity contribution in [3.8, 4) is 0 Å². The highest BCUT2D eigenvalue weighted by atomic mass is 19.1. The zero-order valence-corrected chi connectivity index (χ0v) is 8.69. The van der Waals surface area contributed by atoms with Crippen LogP contribution in [-0.4, -0.2) is 16.7 Å². The maximum Gasteiger partial charge on any atom is 0.304 e. The molecule has 0 radical (unpaired) electrons. The number of nitro benzene ring substituents is 1. The Morgan fingerprint density at radius 2 is 2.00 bits per heavy atom. The maximum absolute atomic E-state index is 13.2. The first-order chi connectivity index (χ1) is 7.91. The fourth-order valence-electron chi connectivity index (χ4n) is 1.01. The van der Waals surface area contributed by atoms with Crippen molar-refractivity contribution in [2.75, 3.05) is 0 Å². The van der Waals surface area contributed by atoms with E-state index in [9.17, 15) is 24.1 Å². The Hall–Kier alpha value is -2.51. The maximum atomic E-state index is 13.2. The predicted octanol–water partition coefficient (Wildman–Crippen LogP) is 0.515. The number of amides is 2. The summed E-state index contributed by atoms with van der Waals surface area (Å²) in [6.45, 7) is 1.18. The molecule has 0 heterocycles. The van der Waals surface area contributed by atoms with Crippen LogP contribution in [0.4, 0.5) is 10.1 Å². The van der Waals surface area contributed by atoms with Gasteiger partial charge >= 0.3 is 5.69 Å². The van der Waals surface area contributed by atoms with E-state index in [4.69, 9.17) is 0 Å². The van der Waals surface area contributed by atoms with E-state index < -0.39 is 28.2 Å². The first-order valence-electron chi connectivity index (χ1n) is 4.42. The van der Waals surface area contributed by atoms with E-state index in [1.54, 1.807) is 0 Å². The molecular formula is C9H8FN3O4. The van der Waals surface area contributed by atoms with Crippen LogP contribution in [0.3, 0.4) is 0 Å². The molecule has 8 heteroatoms. The molecule has 0 aliphatic carbocycles. The van der Waals surface area contributed by atoms with Crippen LogP contribution in [-0.2, 0) is 4.79 Å². The minimum Gasteiger partial charge on any atom is -0.274 e. The van der Waals surface area contributed by atoms with Gasteiger partial charge in [-0.05, 0) is 12.1 Å². The van der Waals surface area contributed by atoms with E-state index >= 15 is 0 Å². The zero-order chi connectivity index (χ0) is 13.0. The Balaban J connectivity index is 2.86. The number of nitrogens with one attached hydrogen (secondary N) is 2. The van der Waals surface area contributed by atoms with Crippen LogP contribution in [0.2, 0.25) is 0 Å². The van der Waals surface area contributed by atoms with Crippen LogP contribution in [0.15, 0.2) is 18.2 Å². The summed E-state index contributed by atoms with van der Waals surface area (Å²) in [6.07, 6.45) is 0. The lowest BCUT2D eigenvalue weighted by atomic mass is 10.2. The molecule has 1 aromatic carbocycles. The van der Waals surface area contributed by atoms with E-state index in [1.165, 1.54) is 6.92 Å². The standard InChI is InChI=1S/C9H8FN3O4/c1-5(14)11-12-9(15)6-2-3-8(13(16)17)7(10)4-6/h2-4H,1H3,(H,11,14)(H,12,15). The number of halogens is 1. The zero-order valence-electron chi connectivity index (χ0n) is 8.69. The van der Waals surface area contributed by atoms with E-state index in [0.717, 1.165) is 18.2 Å². The molecule has 0 atom stereocenters. The second-order valence-electron chi connectivity index (χ2n) is 3.06. The average Bonchev–Trinajstić information content (AvgIpc) is 2.25. The van der Waals surface area contributed by atoms with Crippen LogP contribution in [0.5, 0.6) is 0 Å². The molecule has 2 amide bonds. The molecule has 1 aromatic rings. The normalized spacial score (nSPS) is 9.53. The number of hydrazine groups is 1. The van der Waals surface area contributed by atoms with Crippen LogP contribution < -0.4 is 10.9 Å². The molecule has 2 N–H and O–H groups in total. The second kappa shape index (κ2) is 5.01. The summed E-state index contributed by atoms with van der Waals surface area (Å²) in [5, 5.41) is 10.3. The number of carbonyl (C=O) groups is 2. The number of hydrogen-bond donors (Lipinski definition) is 2. The van der Waals surface area contributed by atoms with Gasteiger partial charge in [0.1, 0.15) is 0 Å². The molecule has 0 saturated heterocycles. The van der Waals surface area contributed by atoms with Crippen molar-refractivity contribution < 1.29 is 18.9 Å². The highest BCUT2D eigenvalue weighted by Crippen LogP contribution is 2.17. The van der Waals surface area contributed by atoms with Gasteiger partial charge in [0.05, 0.1) is 4.92 Å². The fraction of sp³-hybridized carbons (Fsp3) is 0.111. The van der Waals surface area contributed by atoms with Crippen molar-refractivity contribution in [1.29, 1.82) is 0 Å². The molecule has 0 fully saturated rings. The molecule has 0 aliphatic rings. The molecule has 1 rings (SSSR count). The van der Waals surface area contributed by atoms with Gasteiger partial charge in [-0.25, -0.2) is 0 Å². The minimum absolute atomic E-state index is 0.137. The predicted molar refractivity (Wildman–Crippen MR) is 54.3 cm³/mol. The Labute approximate surface area is 94.7 Å². The topological polar surface area (TPSA) is 101 Å². The van der Waals surface area contributed by atoms with Gasteiger partial charge in [0, 0.05) is 18.6 Å². The third kappa shape index (κ3) is 3.23. The van der Waals surface area contributed by atoms with Gasteiger partial charge in [-0.2, -0.15) is 4.39 Å². The van der Waals surface area contributed by atoms with Crippen molar-refractivity contribution in [2.45, 2.75) is 6.92 Å². The van der Waals surface area contributed by atoms with Crippen LogP contribution >= 0.6 is 0 Å². The Bertz CT molecular complexity index is 489. The lowest BCUT2D eigenvalue weighted by Crippen LogP contribution is -2.40. The molecule has 7 nitrogen and oxygen atoms in total. The average molecular weight is 241 g/mol. The molecule has 0 spiro atoms. The number of nitro groups is 1. The number of carbonyl (C=O) groups excluding carboxylic acids is 2. The number of benzene rings is 1. The van der Waals surface area contributed by atoms with Crippen molar-refractivity contribution in [3.05, 3.63) is 39.7 Å². The summed E-state index contributed by atoms with van der Waals surface area (Å²) >= 11 is 0. The van der Waals surface area contributed by atoms with Crippen molar-refractivity contribution in [1.82, 2.24) is 10.9 Å². The molecule has 90 valence electrons. The molecule has 0 saturated carbocycles. The van der Waals surface area contributed by atoms with E-state index in [0.29, 0.717) is 0 Å². The van der Waals surface area contributed by atoms with Gasteiger partial charge in [-0.15, -0.1) is 0 Å². The highest BCUT2D eigenvalue weighted by Gasteiger charge is 2.16. The van der Waals surface area contributed by atoms with Gasteiger partial charge in [0.15, 0.2) is 0 Å². The monoisotopic (exact) mass is 241 g/mol. The van der Waals surface area contributed by atoms with Crippen molar-refractivity contribution in [3.63, 3.8) is 0 Å². The number of rotatable bonds is 2. The summed E-state index contributed by atoms with van der Waals surface area (Å²) < 4.78 is 13.2. The van der Waals surface area contributed by atoms with E-state index in [1.807, 2.05) is 10.9 Å². The van der Waals surface area contributed by atoms with Crippen LogP contribution in [0.1, 0.15) is 17.3 Å². The molecule has 0 bridgehead atoms. The Morgan fingerprint density at radius 3 is 2.47 bits per heavy atom. The Morgan fingerprint density at radius 1 is 1.35 bits per heavy atom. The van der Waals surface area contributed by atoms with Crippen LogP contribution in [0, 0.1) is 15.9 Å². The lowest BCUT2D eigenvalue weighted by molar-refractivity contribution is -0.387. The lowest BCUT2D eigenvalue weighted by Gasteiger charge is -2.04. The van der Waals surface area contributed by atoms with Crippen LogP contribution in [0.25, 0.3) is 0 Å². The summed E-state index contributed by atoms with van der Waals surface area (Å²) in [7, 11) is 0. The second-order valence-corrected chi connectivity index (χ2v) is 3.06. The van der Waals surface area contributed by atoms with Crippen molar-refractivity contribution in [2.24, 2.45) is 0 Å². The first kappa shape index (κ1) is 12.6. The number of nitrogens with zero attached hydrogens (tertiary/aromatic N) is 1. The van der Waals surface area contributed by atoms with Crippen molar-refractivity contribution >= 4 is 17.5 Å². The van der Waals surface area contributed by atoms with Gasteiger partial charge in [-0.3, -0.25) is 30.6 Å². The van der Waals surface area contributed by atoms with Gasteiger partial charge in [0.2, 0.25) is 11.7 Å². The van der Waals surface area contributed by atoms with Gasteiger partial charge < -0.3 is 0 Å². The summed E-state index contributed by atoms with van der Waals surface area (Å²) in [5.74, 6) is -2.39. The third-order valence-corrected chi connectivity index (χ3v) is 1.76. The molecular weight excluding hydrogens is 233 g/mol. The SMILES string of the molecule is CC(=O)NNC(=O)c1ccc([N+](=O)[O-])c(F)c1. The summed E-state index contributed by atoms with van der Waals surface area (Å²) in [4.78, 5) is 31.2. The third-order valence-electron chi connectivity index (χ3n) is 1.76. The van der Waals surface area contributed by atoms with Gasteiger partial charge in [-0.1, -0.05) is 0 Å². The fourth-order valence-corrected chi connectivity index (χ4v) is 1.01. The number of hydrogen-bond acceptors (Lipinski definition) is 4.